The van der Waals surface area contributed by atoms with E-state index in [0.29, 0.717) is 30.8 Å². The number of alkyl halides is 3. The highest BCUT2D eigenvalue weighted by atomic mass is 32.1. The molecule has 0 saturated carbocycles. The Labute approximate surface area is 185 Å². The van der Waals surface area contributed by atoms with Crippen molar-refractivity contribution in [1.82, 2.24) is 30.8 Å². The second-order valence-corrected chi connectivity index (χ2v) is 7.64. The molecule has 2 rings (SSSR count). The van der Waals surface area contributed by atoms with Gasteiger partial charge in [-0.25, -0.2) is 5.84 Å². The minimum absolute atomic E-state index is 0.00453. The second kappa shape index (κ2) is 11.4. The van der Waals surface area contributed by atoms with E-state index in [1.54, 1.807) is 0 Å². The third-order valence-electron chi connectivity index (χ3n) is 4.09. The standard InChI is InChI=1S/C18H23F3N8O2S/c1-24-15(30)13(22)10-29(23)7-3-2-4-14-27-28-17(32-14)16(31)26-9-12-8-11(5-6-25-12)18(19,20)21/h5-6,8,10H,2-4,7,9,22-23H2,1H3,(H,24,30)(H,26,31)/b13-10-. The SMILES string of the molecule is CNC(=O)/C(N)=C/N(N)CCCCc1nnc(C(=O)NCc2cc(C(F)(F)F)ccn2)s1. The average molecular weight is 472 g/mol. The number of unbranched alkanes of at least 4 members (excludes halogenated alkanes) is 1. The number of nitrogens with zero attached hydrogens (tertiary/aromatic N) is 4. The van der Waals surface area contributed by atoms with Crippen molar-refractivity contribution in [2.24, 2.45) is 11.6 Å². The molecular formula is C18H23F3N8O2S. The number of pyridine rings is 1. The van der Waals surface area contributed by atoms with Gasteiger partial charge in [0.1, 0.15) is 10.7 Å². The molecule has 0 fully saturated rings. The number of hydrogen-bond acceptors (Lipinski definition) is 9. The smallest absolute Gasteiger partial charge is 0.393 e. The summed E-state index contributed by atoms with van der Waals surface area (Å²) < 4.78 is 38.2. The topological polar surface area (TPSA) is 152 Å². The summed E-state index contributed by atoms with van der Waals surface area (Å²) in [7, 11) is 1.46. The predicted octanol–water partition coefficient (Wildman–Crippen LogP) is 0.926. The molecule has 10 nitrogen and oxygen atoms in total. The quantitative estimate of drug-likeness (QED) is 0.172. The number of amides is 2. The van der Waals surface area contributed by atoms with Gasteiger partial charge in [0.05, 0.1) is 17.8 Å². The lowest BCUT2D eigenvalue weighted by atomic mass is 10.2. The number of rotatable bonds is 10. The number of nitrogens with one attached hydrogen (secondary N) is 2. The van der Waals surface area contributed by atoms with Crippen LogP contribution in [0.5, 0.6) is 0 Å². The van der Waals surface area contributed by atoms with Crippen molar-refractivity contribution < 1.29 is 22.8 Å². The van der Waals surface area contributed by atoms with Crippen molar-refractivity contribution in [3.63, 3.8) is 0 Å². The molecule has 2 aromatic rings. The first kappa shape index (κ1) is 25.0. The first-order valence-electron chi connectivity index (χ1n) is 9.43. The summed E-state index contributed by atoms with van der Waals surface area (Å²) in [6.45, 7) is 0.282. The first-order chi connectivity index (χ1) is 15.1. The van der Waals surface area contributed by atoms with Gasteiger partial charge in [0.15, 0.2) is 0 Å². The Kier molecular flexibility index (Phi) is 8.90. The van der Waals surface area contributed by atoms with Crippen LogP contribution in [0.4, 0.5) is 13.2 Å². The number of aryl methyl sites for hydroxylation is 1. The Morgan fingerprint density at radius 3 is 2.72 bits per heavy atom. The summed E-state index contributed by atoms with van der Waals surface area (Å²) >= 11 is 1.10. The summed E-state index contributed by atoms with van der Waals surface area (Å²) in [5.41, 5.74) is 4.80. The van der Waals surface area contributed by atoms with Gasteiger partial charge < -0.3 is 21.4 Å². The van der Waals surface area contributed by atoms with Crippen LogP contribution in [0.25, 0.3) is 0 Å². The zero-order valence-electron chi connectivity index (χ0n) is 17.1. The summed E-state index contributed by atoms with van der Waals surface area (Å²) in [6, 6.07) is 1.74. The number of nitrogens with two attached hydrogens (primary N) is 2. The number of aromatic nitrogens is 3. The molecule has 0 spiro atoms. The van der Waals surface area contributed by atoms with Crippen LogP contribution in [0.3, 0.4) is 0 Å². The monoisotopic (exact) mass is 472 g/mol. The van der Waals surface area contributed by atoms with E-state index in [-0.39, 0.29) is 22.9 Å². The fourth-order valence-corrected chi connectivity index (χ4v) is 3.26. The van der Waals surface area contributed by atoms with Crippen molar-refractivity contribution >= 4 is 23.2 Å². The van der Waals surface area contributed by atoms with Gasteiger partial charge >= 0.3 is 6.18 Å². The molecule has 0 radical (unpaired) electrons. The molecular weight excluding hydrogens is 449 g/mol. The number of hydrogen-bond donors (Lipinski definition) is 4. The first-order valence-corrected chi connectivity index (χ1v) is 10.2. The molecule has 0 aliphatic carbocycles. The van der Waals surface area contributed by atoms with E-state index < -0.39 is 23.6 Å². The van der Waals surface area contributed by atoms with Crippen LogP contribution in [0.1, 0.15) is 38.9 Å². The molecule has 0 atom stereocenters. The normalized spacial score (nSPS) is 11.8. The van der Waals surface area contributed by atoms with Crippen molar-refractivity contribution in [3.05, 3.63) is 51.5 Å². The predicted molar refractivity (Wildman–Crippen MR) is 110 cm³/mol. The summed E-state index contributed by atoms with van der Waals surface area (Å²) in [6.07, 6.45) is -0.168. The van der Waals surface area contributed by atoms with Gasteiger partial charge in [0.2, 0.25) is 5.01 Å². The van der Waals surface area contributed by atoms with Gasteiger partial charge in [-0.15, -0.1) is 10.2 Å². The van der Waals surface area contributed by atoms with Crippen molar-refractivity contribution in [1.29, 1.82) is 0 Å². The fraction of sp³-hybridized carbons (Fsp3) is 0.389. The van der Waals surface area contributed by atoms with Crippen molar-refractivity contribution in [3.8, 4) is 0 Å². The maximum atomic E-state index is 12.7. The van der Waals surface area contributed by atoms with Gasteiger partial charge in [-0.3, -0.25) is 14.6 Å². The lowest BCUT2D eigenvalue weighted by Gasteiger charge is -2.14. The number of carbonyl (C=O) groups excluding carboxylic acids is 2. The van der Waals surface area contributed by atoms with Gasteiger partial charge in [0, 0.05) is 32.4 Å². The van der Waals surface area contributed by atoms with E-state index in [0.717, 1.165) is 29.7 Å². The summed E-state index contributed by atoms with van der Waals surface area (Å²) in [5, 5.41) is 14.7. The molecule has 0 aliphatic heterocycles. The maximum absolute atomic E-state index is 12.7. The third-order valence-corrected chi connectivity index (χ3v) is 5.07. The highest BCUT2D eigenvalue weighted by molar-refractivity contribution is 7.13. The molecule has 2 aromatic heterocycles. The van der Waals surface area contributed by atoms with Crippen LogP contribution in [0.2, 0.25) is 0 Å². The molecule has 14 heteroatoms. The largest absolute Gasteiger partial charge is 0.416 e. The van der Waals surface area contributed by atoms with E-state index in [4.69, 9.17) is 11.6 Å². The van der Waals surface area contributed by atoms with Crippen LogP contribution in [0.15, 0.2) is 30.2 Å². The fourth-order valence-electron chi connectivity index (χ4n) is 2.46. The minimum atomic E-state index is -4.48. The molecule has 2 amide bonds. The molecule has 174 valence electrons. The van der Waals surface area contributed by atoms with Crippen molar-refractivity contribution in [2.75, 3.05) is 13.6 Å². The molecule has 0 saturated heterocycles. The molecule has 32 heavy (non-hydrogen) atoms. The Morgan fingerprint density at radius 2 is 2.03 bits per heavy atom. The van der Waals surface area contributed by atoms with Crippen LogP contribution >= 0.6 is 11.3 Å². The zero-order valence-corrected chi connectivity index (χ0v) is 18.0. The van der Waals surface area contributed by atoms with E-state index in [1.165, 1.54) is 18.3 Å². The molecule has 0 aliphatic rings. The number of halogens is 3. The molecule has 6 N–H and O–H groups in total. The Morgan fingerprint density at radius 1 is 1.28 bits per heavy atom. The zero-order chi connectivity index (χ0) is 23.7. The highest BCUT2D eigenvalue weighted by Gasteiger charge is 2.30. The van der Waals surface area contributed by atoms with E-state index >= 15 is 0 Å². The van der Waals surface area contributed by atoms with Gasteiger partial charge in [0.25, 0.3) is 11.8 Å². The summed E-state index contributed by atoms with van der Waals surface area (Å²) in [5.74, 6) is 4.78. The van der Waals surface area contributed by atoms with E-state index in [9.17, 15) is 22.8 Å². The Hall–Kier alpha value is -3.26. The lowest BCUT2D eigenvalue weighted by molar-refractivity contribution is -0.137. The Balaban J connectivity index is 1.78. The number of hydrazine groups is 1. The Bertz CT molecular complexity index is 964. The van der Waals surface area contributed by atoms with Crippen LogP contribution in [-0.4, -0.2) is 45.6 Å². The minimum Gasteiger partial charge on any atom is -0.393 e. The molecule has 0 aromatic carbocycles. The van der Waals surface area contributed by atoms with E-state index in [2.05, 4.69) is 25.8 Å². The number of carbonyl (C=O) groups is 2. The van der Waals surface area contributed by atoms with Gasteiger partial charge in [-0.1, -0.05) is 11.3 Å². The second-order valence-electron chi connectivity index (χ2n) is 6.58. The van der Waals surface area contributed by atoms with Gasteiger partial charge in [-0.05, 0) is 25.0 Å². The summed E-state index contributed by atoms with van der Waals surface area (Å²) in [4.78, 5) is 27.3. The average Bonchev–Trinajstić information content (AvgIpc) is 3.23. The van der Waals surface area contributed by atoms with Crippen LogP contribution in [0, 0.1) is 0 Å². The lowest BCUT2D eigenvalue weighted by Crippen LogP contribution is -2.32. The molecule has 2 heterocycles. The van der Waals surface area contributed by atoms with Crippen LogP contribution in [-0.2, 0) is 23.9 Å². The van der Waals surface area contributed by atoms with Gasteiger partial charge in [-0.2, -0.15) is 13.2 Å². The highest BCUT2D eigenvalue weighted by Crippen LogP contribution is 2.28. The maximum Gasteiger partial charge on any atom is 0.416 e. The molecule has 0 bridgehead atoms. The number of likely N-dealkylation sites (N-methyl/N-ethyl adjacent to an activating group) is 1. The van der Waals surface area contributed by atoms with Crippen molar-refractivity contribution in [2.45, 2.75) is 32.0 Å². The van der Waals surface area contributed by atoms with E-state index in [1.807, 2.05) is 0 Å². The molecule has 0 unspecified atom stereocenters. The third kappa shape index (κ3) is 7.77. The van der Waals surface area contributed by atoms with Crippen LogP contribution < -0.4 is 22.2 Å².